The Morgan fingerprint density at radius 2 is 1.89 bits per heavy atom. The molecule has 198 valence electrons. The van der Waals surface area contributed by atoms with Crippen LogP contribution in [-0.2, 0) is 9.47 Å². The maximum absolute atomic E-state index is 13.8. The molecule has 35 heavy (non-hydrogen) atoms. The average molecular weight is 495 g/mol. The van der Waals surface area contributed by atoms with Gasteiger partial charge in [-0.3, -0.25) is 4.79 Å². The molecule has 9 nitrogen and oxygen atoms in total. The lowest BCUT2D eigenvalue weighted by molar-refractivity contribution is -0.0114. The first-order valence-electron chi connectivity index (χ1n) is 12.2. The molecule has 1 saturated heterocycles. The molecule has 2 unspecified atom stereocenters. The van der Waals surface area contributed by atoms with Gasteiger partial charge in [-0.2, -0.15) is 0 Å². The molecule has 0 spiro atoms. The van der Waals surface area contributed by atoms with Crippen LogP contribution in [0.2, 0.25) is 0 Å². The zero-order valence-corrected chi connectivity index (χ0v) is 22.2. The third kappa shape index (κ3) is 8.00. The van der Waals surface area contributed by atoms with Crippen molar-refractivity contribution >= 4 is 12.0 Å². The normalized spacial score (nSPS) is 18.4. The van der Waals surface area contributed by atoms with Gasteiger partial charge in [0.1, 0.15) is 5.60 Å². The fourth-order valence-electron chi connectivity index (χ4n) is 4.23. The largest absolute Gasteiger partial charge is 0.493 e. The van der Waals surface area contributed by atoms with Crippen molar-refractivity contribution in [2.24, 2.45) is 5.92 Å². The van der Waals surface area contributed by atoms with Gasteiger partial charge in [-0.25, -0.2) is 4.79 Å². The minimum absolute atomic E-state index is 0.0696. The molecule has 1 heterocycles. The Hall–Kier alpha value is -2.52. The fraction of sp³-hybridized carbons (Fsp3) is 0.692. The maximum Gasteiger partial charge on any atom is 0.410 e. The Morgan fingerprint density at radius 3 is 2.46 bits per heavy atom. The lowest BCUT2D eigenvalue weighted by Crippen LogP contribution is -2.58. The molecule has 1 aromatic carbocycles. The molecule has 0 radical (unpaired) electrons. The molecule has 0 aliphatic carbocycles. The van der Waals surface area contributed by atoms with Crippen LogP contribution in [-0.4, -0.2) is 91.7 Å². The van der Waals surface area contributed by atoms with Gasteiger partial charge in [0.2, 0.25) is 0 Å². The number of methoxy groups -OCH3 is 2. The van der Waals surface area contributed by atoms with Crippen LogP contribution >= 0.6 is 0 Å². The summed E-state index contributed by atoms with van der Waals surface area (Å²) in [6, 6.07) is 4.59. The van der Waals surface area contributed by atoms with E-state index in [9.17, 15) is 14.7 Å². The number of ether oxygens (including phenoxy) is 4. The highest BCUT2D eigenvalue weighted by Crippen LogP contribution is 2.31. The number of rotatable bonds is 10. The second-order valence-corrected chi connectivity index (χ2v) is 10.1. The first kappa shape index (κ1) is 28.7. The number of carbonyl (C=O) groups is 2. The summed E-state index contributed by atoms with van der Waals surface area (Å²) in [5.74, 6) is 0.676. The number of piperidine rings is 1. The monoisotopic (exact) mass is 494 g/mol. The molecule has 1 fully saturated rings. The second kappa shape index (κ2) is 13.0. The third-order valence-electron chi connectivity index (χ3n) is 5.92. The van der Waals surface area contributed by atoms with E-state index in [0.29, 0.717) is 56.2 Å². The highest BCUT2D eigenvalue weighted by Gasteiger charge is 2.39. The predicted molar refractivity (Wildman–Crippen MR) is 133 cm³/mol. The number of carbonyl (C=O) groups excluding carboxylic acids is 2. The van der Waals surface area contributed by atoms with E-state index in [1.54, 1.807) is 42.2 Å². The molecule has 2 atom stereocenters. The van der Waals surface area contributed by atoms with E-state index in [1.807, 2.05) is 34.6 Å². The Morgan fingerprint density at radius 1 is 1.17 bits per heavy atom. The van der Waals surface area contributed by atoms with Crippen molar-refractivity contribution in [2.75, 3.05) is 47.1 Å². The van der Waals surface area contributed by atoms with Gasteiger partial charge < -0.3 is 33.9 Å². The fourth-order valence-corrected chi connectivity index (χ4v) is 4.23. The smallest absolute Gasteiger partial charge is 0.410 e. The molecule has 2 rings (SSSR count). The highest BCUT2D eigenvalue weighted by atomic mass is 16.6. The van der Waals surface area contributed by atoms with Crippen molar-refractivity contribution in [1.82, 2.24) is 9.80 Å². The van der Waals surface area contributed by atoms with Gasteiger partial charge in [0.05, 0.1) is 19.8 Å². The molecular weight excluding hydrogens is 452 g/mol. The Kier molecular flexibility index (Phi) is 10.6. The van der Waals surface area contributed by atoms with Gasteiger partial charge in [0.15, 0.2) is 11.5 Å². The van der Waals surface area contributed by atoms with Crippen LogP contribution in [0.1, 0.15) is 57.8 Å². The molecule has 0 saturated carbocycles. The molecule has 1 aromatic rings. The SMILES string of the molecule is COCCCOc1cc(C(=O)N(C(C)C)C2CN(C(=O)OC(C)(C)C)CCC2CO)ccc1OC. The number of nitrogens with zero attached hydrogens (tertiary/aromatic N) is 2. The number of benzene rings is 1. The Balaban J connectivity index is 2.30. The minimum Gasteiger partial charge on any atom is -0.493 e. The van der Waals surface area contributed by atoms with Gasteiger partial charge >= 0.3 is 6.09 Å². The van der Waals surface area contributed by atoms with Gasteiger partial charge in [0.25, 0.3) is 5.91 Å². The van der Waals surface area contributed by atoms with Gasteiger partial charge in [0, 0.05) is 57.4 Å². The number of aliphatic hydroxyl groups is 1. The number of aliphatic hydroxyl groups excluding tert-OH is 1. The zero-order chi connectivity index (χ0) is 26.2. The summed E-state index contributed by atoms with van der Waals surface area (Å²) in [4.78, 5) is 29.9. The maximum atomic E-state index is 13.8. The highest BCUT2D eigenvalue weighted by molar-refractivity contribution is 5.95. The second-order valence-electron chi connectivity index (χ2n) is 10.1. The van der Waals surface area contributed by atoms with Crippen LogP contribution in [0.4, 0.5) is 4.79 Å². The lowest BCUT2D eigenvalue weighted by Gasteiger charge is -2.45. The van der Waals surface area contributed by atoms with Crippen molar-refractivity contribution in [3.63, 3.8) is 0 Å². The lowest BCUT2D eigenvalue weighted by atomic mass is 9.89. The van der Waals surface area contributed by atoms with Crippen molar-refractivity contribution in [2.45, 2.75) is 65.1 Å². The number of hydrogen-bond donors (Lipinski definition) is 1. The Bertz CT molecular complexity index is 837. The van der Waals surface area contributed by atoms with E-state index in [-0.39, 0.29) is 30.5 Å². The number of amides is 2. The van der Waals surface area contributed by atoms with E-state index >= 15 is 0 Å². The van der Waals surface area contributed by atoms with Crippen LogP contribution in [0.25, 0.3) is 0 Å². The van der Waals surface area contributed by atoms with Crippen molar-refractivity contribution in [3.05, 3.63) is 23.8 Å². The van der Waals surface area contributed by atoms with Crippen LogP contribution in [0, 0.1) is 5.92 Å². The van der Waals surface area contributed by atoms with Gasteiger partial charge in [-0.05, 0) is 59.2 Å². The standard InChI is InChI=1S/C26H42N2O7/c1-18(2)28(21-16-27(12-11-20(21)17-29)25(31)35-26(3,4)5)24(30)19-9-10-22(33-7)23(15-19)34-14-8-13-32-6/h9-10,15,18,20-21,29H,8,11-14,16-17H2,1-7H3. The molecule has 1 aliphatic rings. The number of hydrogen-bond acceptors (Lipinski definition) is 7. The topological polar surface area (TPSA) is 97.8 Å². The van der Waals surface area contributed by atoms with Crippen LogP contribution in [0.5, 0.6) is 11.5 Å². The summed E-state index contributed by atoms with van der Waals surface area (Å²) >= 11 is 0. The van der Waals surface area contributed by atoms with Crippen molar-refractivity contribution < 1.29 is 33.6 Å². The summed E-state index contributed by atoms with van der Waals surface area (Å²) < 4.78 is 21.9. The summed E-state index contributed by atoms with van der Waals surface area (Å²) in [7, 11) is 3.19. The zero-order valence-electron chi connectivity index (χ0n) is 22.2. The van der Waals surface area contributed by atoms with Crippen LogP contribution < -0.4 is 9.47 Å². The molecule has 0 bridgehead atoms. The third-order valence-corrected chi connectivity index (χ3v) is 5.92. The summed E-state index contributed by atoms with van der Waals surface area (Å²) in [6.07, 6.45) is 0.871. The first-order valence-corrected chi connectivity index (χ1v) is 12.2. The number of likely N-dealkylation sites (tertiary alicyclic amines) is 1. The van der Waals surface area contributed by atoms with Crippen molar-refractivity contribution in [1.29, 1.82) is 0 Å². The minimum atomic E-state index is -0.614. The van der Waals surface area contributed by atoms with E-state index in [4.69, 9.17) is 18.9 Å². The first-order chi connectivity index (χ1) is 16.5. The van der Waals surface area contributed by atoms with Gasteiger partial charge in [-0.15, -0.1) is 0 Å². The summed E-state index contributed by atoms with van der Waals surface area (Å²) in [6.45, 7) is 11.0. The predicted octanol–water partition coefficient (Wildman–Crippen LogP) is 3.58. The van der Waals surface area contributed by atoms with Gasteiger partial charge in [-0.1, -0.05) is 0 Å². The van der Waals surface area contributed by atoms with Crippen molar-refractivity contribution in [3.8, 4) is 11.5 Å². The molecular formula is C26H42N2O7. The van der Waals surface area contributed by atoms with E-state index in [2.05, 4.69) is 0 Å². The molecule has 9 heteroatoms. The summed E-state index contributed by atoms with van der Waals surface area (Å²) in [5, 5.41) is 10.1. The van der Waals surface area contributed by atoms with E-state index in [0.717, 1.165) is 0 Å². The average Bonchev–Trinajstić information content (AvgIpc) is 2.80. The Labute approximate surface area is 209 Å². The van der Waals surface area contributed by atoms with E-state index in [1.165, 1.54) is 0 Å². The molecule has 2 amide bonds. The molecule has 0 aromatic heterocycles. The quantitative estimate of drug-likeness (QED) is 0.497. The molecule has 1 aliphatic heterocycles. The summed E-state index contributed by atoms with van der Waals surface area (Å²) in [5.41, 5.74) is -0.163. The van der Waals surface area contributed by atoms with Crippen LogP contribution in [0.15, 0.2) is 18.2 Å². The molecule has 1 N–H and O–H groups in total. The van der Waals surface area contributed by atoms with E-state index < -0.39 is 11.7 Å². The van der Waals surface area contributed by atoms with Crippen LogP contribution in [0.3, 0.4) is 0 Å².